The summed E-state index contributed by atoms with van der Waals surface area (Å²) in [6, 6.07) is 0. The molecule has 0 spiro atoms. The molecule has 3 aliphatic carbocycles. The summed E-state index contributed by atoms with van der Waals surface area (Å²) in [7, 11) is 0. The molecule has 3 fully saturated rings. The van der Waals surface area contributed by atoms with Crippen LogP contribution < -0.4 is 0 Å². The lowest BCUT2D eigenvalue weighted by atomic mass is 9.58. The zero-order valence-electron chi connectivity index (χ0n) is 13.0. The molecular weight excluding hydrogens is 268 g/mol. The molecule has 0 aliphatic heterocycles. The Morgan fingerprint density at radius 2 is 1.52 bits per heavy atom. The molecule has 2 N–H and O–H groups in total. The van der Waals surface area contributed by atoms with Crippen molar-refractivity contribution in [2.45, 2.75) is 65.2 Å². The highest BCUT2D eigenvalue weighted by molar-refractivity contribution is 5.69. The van der Waals surface area contributed by atoms with Crippen molar-refractivity contribution in [1.29, 1.82) is 0 Å². The molecule has 4 heteroatoms. The average Bonchev–Trinajstić information content (AvgIpc) is 2.37. The van der Waals surface area contributed by atoms with Crippen molar-refractivity contribution in [2.75, 3.05) is 0 Å². The van der Waals surface area contributed by atoms with Crippen LogP contribution in [0.2, 0.25) is 0 Å². The quantitative estimate of drug-likeness (QED) is 0.831. The van der Waals surface area contributed by atoms with Gasteiger partial charge in [0.15, 0.2) is 0 Å². The van der Waals surface area contributed by atoms with E-state index in [1.54, 1.807) is 0 Å². The Hall–Kier alpha value is -1.06. The highest BCUT2D eigenvalue weighted by Crippen LogP contribution is 2.71. The Morgan fingerprint density at radius 3 is 2.14 bits per heavy atom. The topological polar surface area (TPSA) is 74.6 Å². The number of carbonyl (C=O) groups is 2. The zero-order valence-corrected chi connectivity index (χ0v) is 13.0. The van der Waals surface area contributed by atoms with Crippen LogP contribution in [0, 0.1) is 28.1 Å². The normalized spacial score (nSPS) is 48.1. The van der Waals surface area contributed by atoms with Gasteiger partial charge in [0.25, 0.3) is 0 Å². The number of rotatable bonds is 4. The van der Waals surface area contributed by atoms with Gasteiger partial charge in [0, 0.05) is 0 Å². The van der Waals surface area contributed by atoms with Crippen molar-refractivity contribution >= 4 is 11.9 Å². The second-order valence-electron chi connectivity index (χ2n) is 8.77. The van der Waals surface area contributed by atoms with Crippen LogP contribution in [0.5, 0.6) is 0 Å². The van der Waals surface area contributed by atoms with Crippen molar-refractivity contribution in [1.82, 2.24) is 0 Å². The molecule has 0 heterocycles. The Kier molecular flexibility index (Phi) is 3.16. The fourth-order valence-electron chi connectivity index (χ4n) is 6.73. The fraction of sp³-hybridized carbons (Fsp3) is 0.882. The van der Waals surface area contributed by atoms with E-state index in [9.17, 15) is 19.8 Å². The van der Waals surface area contributed by atoms with Crippen LogP contribution >= 0.6 is 0 Å². The van der Waals surface area contributed by atoms with Gasteiger partial charge in [-0.05, 0) is 66.6 Å². The van der Waals surface area contributed by atoms with E-state index in [-0.39, 0.29) is 29.1 Å². The molecular formula is C17H26O4. The minimum absolute atomic E-state index is 0.154. The predicted molar refractivity (Wildman–Crippen MR) is 77.8 cm³/mol. The maximum atomic E-state index is 11.4. The van der Waals surface area contributed by atoms with Gasteiger partial charge >= 0.3 is 11.9 Å². The van der Waals surface area contributed by atoms with Gasteiger partial charge in [-0.15, -0.1) is 0 Å². The van der Waals surface area contributed by atoms with Crippen molar-refractivity contribution < 1.29 is 19.8 Å². The first-order chi connectivity index (χ1) is 9.66. The van der Waals surface area contributed by atoms with Gasteiger partial charge in [-0.1, -0.05) is 13.8 Å². The number of hydrogen-bond acceptors (Lipinski definition) is 2. The van der Waals surface area contributed by atoms with Gasteiger partial charge in [0.05, 0.1) is 12.8 Å². The number of aliphatic carboxylic acids is 2. The minimum atomic E-state index is -0.724. The summed E-state index contributed by atoms with van der Waals surface area (Å²) >= 11 is 0. The maximum Gasteiger partial charge on any atom is 0.303 e. The summed E-state index contributed by atoms with van der Waals surface area (Å²) in [4.78, 5) is 22.7. The van der Waals surface area contributed by atoms with E-state index >= 15 is 0 Å². The van der Waals surface area contributed by atoms with E-state index in [0.717, 1.165) is 38.5 Å². The summed E-state index contributed by atoms with van der Waals surface area (Å²) < 4.78 is 0. The molecule has 0 saturated heterocycles. The lowest BCUT2D eigenvalue weighted by Gasteiger charge is -2.46. The van der Waals surface area contributed by atoms with Crippen molar-refractivity contribution in [3.8, 4) is 0 Å². The van der Waals surface area contributed by atoms with Crippen LogP contribution in [0.1, 0.15) is 65.2 Å². The lowest BCUT2D eigenvalue weighted by Crippen LogP contribution is -2.39. The molecule has 3 rings (SSSR count). The first kappa shape index (κ1) is 14.9. The fourth-order valence-corrected chi connectivity index (χ4v) is 6.73. The van der Waals surface area contributed by atoms with Crippen LogP contribution in [0.25, 0.3) is 0 Å². The largest absolute Gasteiger partial charge is 0.481 e. The van der Waals surface area contributed by atoms with Gasteiger partial charge in [-0.3, -0.25) is 9.59 Å². The van der Waals surface area contributed by atoms with Crippen molar-refractivity contribution in [3.05, 3.63) is 0 Å². The standard InChI is InChI=1S/C17H26O4/c1-11-3-15(2)9-17(8-14(20)21)6-12(15)5-16(4-11,10-17)7-13(18)19/h11-12H,3-10H2,1-2H3,(H,18,19)(H,20,21). The van der Waals surface area contributed by atoms with Crippen molar-refractivity contribution in [3.63, 3.8) is 0 Å². The molecule has 0 amide bonds. The van der Waals surface area contributed by atoms with Gasteiger partial charge in [-0.25, -0.2) is 0 Å². The molecule has 0 aromatic rings. The third-order valence-electron chi connectivity index (χ3n) is 6.52. The number of fused-ring (bicyclic) bond motifs is 2. The summed E-state index contributed by atoms with van der Waals surface area (Å²) in [6.45, 7) is 4.56. The van der Waals surface area contributed by atoms with E-state index < -0.39 is 11.9 Å². The monoisotopic (exact) mass is 294 g/mol. The van der Waals surface area contributed by atoms with E-state index in [4.69, 9.17) is 0 Å². The SMILES string of the molecule is CC1CC2(CC(=O)O)CC3CC(CC(=O)O)(C2)CC3(C)C1. The highest BCUT2D eigenvalue weighted by Gasteiger charge is 2.62. The maximum absolute atomic E-state index is 11.4. The Labute approximate surface area is 125 Å². The lowest BCUT2D eigenvalue weighted by molar-refractivity contribution is -0.143. The second kappa shape index (κ2) is 4.47. The molecule has 3 aliphatic rings. The van der Waals surface area contributed by atoms with Crippen LogP contribution in [0.15, 0.2) is 0 Å². The van der Waals surface area contributed by atoms with Gasteiger partial charge in [0.1, 0.15) is 0 Å². The summed E-state index contributed by atoms with van der Waals surface area (Å²) in [5.41, 5.74) is -0.109. The van der Waals surface area contributed by atoms with E-state index in [0.29, 0.717) is 11.8 Å². The highest BCUT2D eigenvalue weighted by atomic mass is 16.4. The molecule has 5 atom stereocenters. The van der Waals surface area contributed by atoms with E-state index in [1.807, 2.05) is 0 Å². The summed E-state index contributed by atoms with van der Waals surface area (Å²) in [5.74, 6) is -0.398. The summed E-state index contributed by atoms with van der Waals surface area (Å²) in [5, 5.41) is 18.7. The first-order valence-corrected chi connectivity index (χ1v) is 8.10. The smallest absolute Gasteiger partial charge is 0.303 e. The van der Waals surface area contributed by atoms with Gasteiger partial charge < -0.3 is 10.2 Å². The first-order valence-electron chi connectivity index (χ1n) is 8.10. The Balaban J connectivity index is 2.00. The molecule has 3 bridgehead atoms. The molecule has 4 nitrogen and oxygen atoms in total. The van der Waals surface area contributed by atoms with Crippen LogP contribution in [-0.2, 0) is 9.59 Å². The van der Waals surface area contributed by atoms with Crippen LogP contribution in [0.4, 0.5) is 0 Å². The number of carboxylic acids is 2. The van der Waals surface area contributed by atoms with Gasteiger partial charge in [-0.2, -0.15) is 0 Å². The van der Waals surface area contributed by atoms with Gasteiger partial charge in [0.2, 0.25) is 0 Å². The molecule has 0 radical (unpaired) electrons. The molecule has 0 aromatic heterocycles. The van der Waals surface area contributed by atoms with Crippen LogP contribution in [0.3, 0.4) is 0 Å². The Bertz CT molecular complexity index is 487. The number of carboxylic acid groups (broad SMARTS) is 2. The average molecular weight is 294 g/mol. The molecule has 21 heavy (non-hydrogen) atoms. The Morgan fingerprint density at radius 1 is 0.952 bits per heavy atom. The van der Waals surface area contributed by atoms with E-state index in [2.05, 4.69) is 13.8 Å². The molecule has 3 saturated carbocycles. The number of hydrogen-bond donors (Lipinski definition) is 2. The van der Waals surface area contributed by atoms with Crippen molar-refractivity contribution in [2.24, 2.45) is 28.1 Å². The minimum Gasteiger partial charge on any atom is -0.481 e. The zero-order chi connectivity index (χ0) is 15.5. The third kappa shape index (κ3) is 2.47. The molecule has 118 valence electrons. The second-order valence-corrected chi connectivity index (χ2v) is 8.77. The van der Waals surface area contributed by atoms with Crippen LogP contribution in [-0.4, -0.2) is 22.2 Å². The summed E-state index contributed by atoms with van der Waals surface area (Å²) in [6.07, 6.45) is 6.26. The molecule has 0 aromatic carbocycles. The van der Waals surface area contributed by atoms with E-state index in [1.165, 1.54) is 0 Å². The predicted octanol–water partition coefficient (Wildman–Crippen LogP) is 3.55. The molecule has 5 unspecified atom stereocenters. The third-order valence-corrected chi connectivity index (χ3v) is 6.52.